The Morgan fingerprint density at radius 3 is 2.76 bits per heavy atom. The van der Waals surface area contributed by atoms with Crippen LogP contribution in [-0.2, 0) is 0 Å². The number of hydrazine groups is 1. The summed E-state index contributed by atoms with van der Waals surface area (Å²) < 4.78 is 28.4. The lowest BCUT2D eigenvalue weighted by Crippen LogP contribution is -2.20. The summed E-state index contributed by atoms with van der Waals surface area (Å²) in [6.45, 7) is 5.78. The van der Waals surface area contributed by atoms with Gasteiger partial charge in [0.15, 0.2) is 5.82 Å². The smallest absolute Gasteiger partial charge is 0.156 e. The number of hydrogen-bond donors (Lipinski definition) is 3. The van der Waals surface area contributed by atoms with Crippen LogP contribution >= 0.6 is 0 Å². The fourth-order valence-corrected chi connectivity index (χ4v) is 2.51. The lowest BCUT2D eigenvalue weighted by Gasteiger charge is -2.24. The van der Waals surface area contributed by atoms with Gasteiger partial charge in [0.1, 0.15) is 12.2 Å². The second kappa shape index (κ2) is 8.25. The van der Waals surface area contributed by atoms with Gasteiger partial charge in [-0.05, 0) is 24.6 Å². The summed E-state index contributed by atoms with van der Waals surface area (Å²) in [5.41, 5.74) is 9.50. The number of aliphatic imine (C=N–C) groups is 1. The zero-order valence-electron chi connectivity index (χ0n) is 14.0. The van der Waals surface area contributed by atoms with E-state index in [4.69, 9.17) is 11.6 Å². The van der Waals surface area contributed by atoms with Crippen LogP contribution in [-0.4, -0.2) is 11.2 Å². The van der Waals surface area contributed by atoms with Crippen LogP contribution < -0.4 is 17.0 Å². The number of anilines is 1. The molecule has 0 spiro atoms. The maximum Gasteiger partial charge on any atom is 0.156 e. The number of nitrogens with one attached hydrogen (secondary N) is 1. The van der Waals surface area contributed by atoms with Crippen molar-refractivity contribution in [3.63, 3.8) is 0 Å². The predicted octanol–water partition coefficient (Wildman–Crippen LogP) is 3.41. The highest BCUT2D eigenvalue weighted by Gasteiger charge is 2.19. The fourth-order valence-electron chi connectivity index (χ4n) is 2.51. The minimum atomic E-state index is -0.786. The third-order valence-corrected chi connectivity index (χ3v) is 3.66. The van der Waals surface area contributed by atoms with E-state index in [0.29, 0.717) is 12.0 Å². The molecule has 0 bridgehead atoms. The highest BCUT2D eigenvalue weighted by molar-refractivity contribution is 5.78. The molecule has 0 amide bonds. The van der Waals surface area contributed by atoms with E-state index in [9.17, 15) is 8.78 Å². The van der Waals surface area contributed by atoms with Gasteiger partial charge in [-0.3, -0.25) is 0 Å². The van der Waals surface area contributed by atoms with Gasteiger partial charge in [0.2, 0.25) is 0 Å². The molecule has 0 saturated heterocycles. The van der Waals surface area contributed by atoms with Crippen molar-refractivity contribution in [1.29, 1.82) is 0 Å². The molecule has 5 N–H and O–H groups in total. The summed E-state index contributed by atoms with van der Waals surface area (Å²) in [6, 6.07) is 2.34. The molecule has 1 heterocycles. The van der Waals surface area contributed by atoms with Crippen LogP contribution in [0.2, 0.25) is 0 Å². The number of allylic oxidation sites excluding steroid dienone is 4. The molecule has 132 valence electrons. The van der Waals surface area contributed by atoms with E-state index in [-0.39, 0.29) is 11.3 Å². The number of rotatable bonds is 6. The van der Waals surface area contributed by atoms with Gasteiger partial charge in [0.25, 0.3) is 0 Å². The Kier molecular flexibility index (Phi) is 6.08. The van der Waals surface area contributed by atoms with E-state index in [2.05, 4.69) is 17.0 Å². The van der Waals surface area contributed by atoms with Gasteiger partial charge in [-0.1, -0.05) is 26.0 Å². The van der Waals surface area contributed by atoms with Crippen molar-refractivity contribution in [2.24, 2.45) is 10.8 Å². The molecule has 2 rings (SSSR count). The third-order valence-electron chi connectivity index (χ3n) is 3.66. The molecule has 1 aromatic carbocycles. The summed E-state index contributed by atoms with van der Waals surface area (Å²) in [5.74, 6) is 3.77. The molecule has 7 heteroatoms. The standard InChI is InChI=1S/C18H21F2N5/c1-3-5-15(23-11-24-22)16-9-6-12(10-25(16)4-2)17-13(19)7-8-14(21)18(17)20/h4,6-11H,2-3,5,21-22H2,1H3,(H,23,24)/b16-15+. The molecular weight excluding hydrogens is 324 g/mol. The van der Waals surface area contributed by atoms with E-state index in [1.54, 1.807) is 29.5 Å². The first-order valence-electron chi connectivity index (χ1n) is 7.79. The van der Waals surface area contributed by atoms with E-state index < -0.39 is 11.6 Å². The van der Waals surface area contributed by atoms with Crippen LogP contribution in [0.4, 0.5) is 14.5 Å². The first-order valence-corrected chi connectivity index (χ1v) is 7.79. The van der Waals surface area contributed by atoms with Gasteiger partial charge in [-0.2, -0.15) is 0 Å². The Morgan fingerprint density at radius 2 is 2.12 bits per heavy atom. The van der Waals surface area contributed by atoms with E-state index >= 15 is 0 Å². The summed E-state index contributed by atoms with van der Waals surface area (Å²) in [7, 11) is 0. The molecule has 1 aromatic rings. The lowest BCUT2D eigenvalue weighted by atomic mass is 10.0. The second-order valence-electron chi connectivity index (χ2n) is 5.34. The number of nitrogens with two attached hydrogens (primary N) is 2. The zero-order chi connectivity index (χ0) is 18.4. The molecule has 0 aromatic heterocycles. The largest absolute Gasteiger partial charge is 0.396 e. The van der Waals surface area contributed by atoms with Gasteiger partial charge < -0.3 is 16.1 Å². The van der Waals surface area contributed by atoms with Crippen LogP contribution in [0.15, 0.2) is 59.7 Å². The molecule has 0 saturated carbocycles. The molecule has 0 unspecified atom stereocenters. The maximum atomic E-state index is 14.3. The fraction of sp³-hybridized carbons (Fsp3) is 0.167. The summed E-state index contributed by atoms with van der Waals surface area (Å²) >= 11 is 0. The van der Waals surface area contributed by atoms with Crippen molar-refractivity contribution in [3.8, 4) is 0 Å². The monoisotopic (exact) mass is 345 g/mol. The van der Waals surface area contributed by atoms with Gasteiger partial charge in [0.05, 0.1) is 22.6 Å². The first kappa shape index (κ1) is 18.4. The van der Waals surface area contributed by atoms with Gasteiger partial charge in [-0.15, -0.1) is 0 Å². The molecule has 25 heavy (non-hydrogen) atoms. The van der Waals surface area contributed by atoms with Gasteiger partial charge in [0, 0.05) is 18.0 Å². The van der Waals surface area contributed by atoms with Crippen molar-refractivity contribution < 1.29 is 8.78 Å². The Hall–Kier alpha value is -2.93. The van der Waals surface area contributed by atoms with Crippen molar-refractivity contribution in [3.05, 3.63) is 71.9 Å². The van der Waals surface area contributed by atoms with Crippen molar-refractivity contribution >= 4 is 17.6 Å². The maximum absolute atomic E-state index is 14.3. The Balaban J connectivity index is 2.51. The number of nitrogen functional groups attached to an aromatic ring is 1. The van der Waals surface area contributed by atoms with Crippen LogP contribution in [0, 0.1) is 11.6 Å². The Bertz CT molecular complexity index is 778. The molecular formula is C18H21F2N5. The molecule has 0 fully saturated rings. The number of halogens is 2. The molecule has 0 atom stereocenters. The van der Waals surface area contributed by atoms with E-state index in [1.807, 2.05) is 6.92 Å². The molecule has 0 radical (unpaired) electrons. The molecule has 5 nitrogen and oxygen atoms in total. The lowest BCUT2D eigenvalue weighted by molar-refractivity contribution is 0.577. The zero-order valence-corrected chi connectivity index (χ0v) is 14.0. The summed E-state index contributed by atoms with van der Waals surface area (Å²) in [4.78, 5) is 5.94. The van der Waals surface area contributed by atoms with Crippen LogP contribution in [0.1, 0.15) is 25.3 Å². The molecule has 1 aliphatic rings. The number of hydrogen-bond acceptors (Lipinski definition) is 4. The van der Waals surface area contributed by atoms with E-state index in [0.717, 1.165) is 23.9 Å². The number of nitrogens with zero attached hydrogens (tertiary/aromatic N) is 2. The predicted molar refractivity (Wildman–Crippen MR) is 97.7 cm³/mol. The SMILES string of the molecule is C=CN1C=C(c2c(F)ccc(N)c2F)C=C/C1=C(/CCC)N=CNN. The molecule has 1 aliphatic heterocycles. The topological polar surface area (TPSA) is 79.7 Å². The minimum Gasteiger partial charge on any atom is -0.396 e. The average molecular weight is 345 g/mol. The van der Waals surface area contributed by atoms with Crippen molar-refractivity contribution in [1.82, 2.24) is 10.3 Å². The van der Waals surface area contributed by atoms with Gasteiger partial charge >= 0.3 is 0 Å². The highest BCUT2D eigenvalue weighted by atomic mass is 19.1. The average Bonchev–Trinajstić information content (AvgIpc) is 2.62. The summed E-state index contributed by atoms with van der Waals surface area (Å²) in [5, 5.41) is 0. The Labute approximate surface area is 145 Å². The Morgan fingerprint density at radius 1 is 1.36 bits per heavy atom. The van der Waals surface area contributed by atoms with Crippen LogP contribution in [0.25, 0.3) is 5.57 Å². The second-order valence-corrected chi connectivity index (χ2v) is 5.34. The van der Waals surface area contributed by atoms with Crippen molar-refractivity contribution in [2.45, 2.75) is 19.8 Å². The summed E-state index contributed by atoms with van der Waals surface area (Å²) in [6.07, 6.45) is 9.44. The highest BCUT2D eigenvalue weighted by Crippen LogP contribution is 2.32. The number of benzene rings is 1. The van der Waals surface area contributed by atoms with Crippen LogP contribution in [0.5, 0.6) is 0 Å². The minimum absolute atomic E-state index is 0.109. The van der Waals surface area contributed by atoms with Crippen molar-refractivity contribution in [2.75, 3.05) is 5.73 Å². The van der Waals surface area contributed by atoms with Crippen LogP contribution in [0.3, 0.4) is 0 Å². The third kappa shape index (κ3) is 3.95. The van der Waals surface area contributed by atoms with Gasteiger partial charge in [-0.25, -0.2) is 19.6 Å². The first-order chi connectivity index (χ1) is 12.0. The quantitative estimate of drug-likeness (QED) is 0.243. The van der Waals surface area contributed by atoms with E-state index in [1.165, 1.54) is 12.4 Å². The normalized spacial score (nSPS) is 16.2. The molecule has 0 aliphatic carbocycles.